The van der Waals surface area contributed by atoms with Crippen molar-refractivity contribution < 1.29 is 13.5 Å². The van der Waals surface area contributed by atoms with Gasteiger partial charge in [0.25, 0.3) is 0 Å². The normalized spacial score (nSPS) is 11.1. The molecule has 0 spiro atoms. The highest BCUT2D eigenvalue weighted by Crippen LogP contribution is 2.25. The SMILES string of the molecule is CC(C)(C#N)CCOc1c(F)cc(CN)cc1F. The average molecular weight is 254 g/mol. The largest absolute Gasteiger partial charge is 0.488 e. The molecule has 18 heavy (non-hydrogen) atoms. The number of halogens is 2. The van der Waals surface area contributed by atoms with Gasteiger partial charge in [-0.15, -0.1) is 0 Å². The molecule has 0 saturated carbocycles. The highest BCUT2D eigenvalue weighted by Gasteiger charge is 2.18. The van der Waals surface area contributed by atoms with Crippen LogP contribution in [0.5, 0.6) is 5.75 Å². The van der Waals surface area contributed by atoms with Crippen molar-refractivity contribution in [3.63, 3.8) is 0 Å². The van der Waals surface area contributed by atoms with E-state index in [4.69, 9.17) is 15.7 Å². The monoisotopic (exact) mass is 254 g/mol. The fourth-order valence-electron chi connectivity index (χ4n) is 1.33. The predicted octanol–water partition coefficient (Wildman–Crippen LogP) is 2.74. The molecule has 5 heteroatoms. The Bertz CT molecular complexity index is 444. The summed E-state index contributed by atoms with van der Waals surface area (Å²) in [6.45, 7) is 3.62. The molecule has 0 aliphatic rings. The fourth-order valence-corrected chi connectivity index (χ4v) is 1.33. The van der Waals surface area contributed by atoms with Gasteiger partial charge in [-0.2, -0.15) is 5.26 Å². The topological polar surface area (TPSA) is 59.0 Å². The quantitative estimate of drug-likeness (QED) is 0.878. The molecule has 0 aromatic heterocycles. The second kappa shape index (κ2) is 5.78. The average Bonchev–Trinajstić information content (AvgIpc) is 2.32. The van der Waals surface area contributed by atoms with Gasteiger partial charge in [0.15, 0.2) is 17.4 Å². The number of ether oxygens (including phenoxy) is 1. The number of rotatable bonds is 5. The second-order valence-corrected chi connectivity index (χ2v) is 4.69. The lowest BCUT2D eigenvalue weighted by molar-refractivity contribution is 0.243. The number of hydrogen-bond donors (Lipinski definition) is 1. The smallest absolute Gasteiger partial charge is 0.190 e. The number of nitrogens with zero attached hydrogens (tertiary/aromatic N) is 1. The summed E-state index contributed by atoms with van der Waals surface area (Å²) < 4.78 is 32.1. The van der Waals surface area contributed by atoms with Gasteiger partial charge in [-0.1, -0.05) is 0 Å². The van der Waals surface area contributed by atoms with Gasteiger partial charge >= 0.3 is 0 Å². The molecule has 1 aromatic rings. The Morgan fingerprint density at radius 1 is 1.33 bits per heavy atom. The van der Waals surface area contributed by atoms with Crippen molar-refractivity contribution in [2.24, 2.45) is 11.1 Å². The molecule has 0 saturated heterocycles. The van der Waals surface area contributed by atoms with E-state index in [1.807, 2.05) is 0 Å². The van der Waals surface area contributed by atoms with Crippen LogP contribution in [-0.2, 0) is 6.54 Å². The molecule has 1 aromatic carbocycles. The van der Waals surface area contributed by atoms with Crippen LogP contribution in [0.25, 0.3) is 0 Å². The van der Waals surface area contributed by atoms with E-state index in [2.05, 4.69) is 6.07 Å². The zero-order valence-electron chi connectivity index (χ0n) is 10.5. The third kappa shape index (κ3) is 3.67. The molecule has 0 unspecified atom stereocenters. The first-order valence-corrected chi connectivity index (χ1v) is 5.61. The molecule has 0 fully saturated rings. The summed E-state index contributed by atoms with van der Waals surface area (Å²) in [7, 11) is 0. The summed E-state index contributed by atoms with van der Waals surface area (Å²) in [6.07, 6.45) is 0.390. The molecule has 0 aliphatic carbocycles. The van der Waals surface area contributed by atoms with E-state index in [1.54, 1.807) is 13.8 Å². The van der Waals surface area contributed by atoms with Crippen LogP contribution in [-0.4, -0.2) is 6.61 Å². The molecule has 0 amide bonds. The van der Waals surface area contributed by atoms with E-state index in [0.29, 0.717) is 12.0 Å². The molecule has 0 heterocycles. The van der Waals surface area contributed by atoms with Gasteiger partial charge in [-0.3, -0.25) is 0 Å². The third-order valence-corrected chi connectivity index (χ3v) is 2.57. The van der Waals surface area contributed by atoms with Gasteiger partial charge in [0.1, 0.15) is 0 Å². The van der Waals surface area contributed by atoms with Crippen LogP contribution in [0.3, 0.4) is 0 Å². The lowest BCUT2D eigenvalue weighted by Gasteiger charge is -2.16. The molecular formula is C13H16F2N2O. The Balaban J connectivity index is 2.72. The summed E-state index contributed by atoms with van der Waals surface area (Å²) in [5.41, 5.74) is 5.09. The molecule has 0 bridgehead atoms. The summed E-state index contributed by atoms with van der Waals surface area (Å²) in [5, 5.41) is 8.80. The van der Waals surface area contributed by atoms with Crippen molar-refractivity contribution in [3.8, 4) is 11.8 Å². The first kappa shape index (κ1) is 14.4. The van der Waals surface area contributed by atoms with Gasteiger partial charge in [0, 0.05) is 6.54 Å². The maximum absolute atomic E-state index is 13.5. The second-order valence-electron chi connectivity index (χ2n) is 4.69. The Hall–Kier alpha value is -1.67. The minimum absolute atomic E-state index is 0.0651. The Labute approximate surface area is 105 Å². The fraction of sp³-hybridized carbons (Fsp3) is 0.462. The van der Waals surface area contributed by atoms with Gasteiger partial charge < -0.3 is 10.5 Å². The van der Waals surface area contributed by atoms with Crippen molar-refractivity contribution in [2.45, 2.75) is 26.8 Å². The van der Waals surface area contributed by atoms with Crippen LogP contribution in [0.2, 0.25) is 0 Å². The molecule has 0 aliphatic heterocycles. The van der Waals surface area contributed by atoms with Crippen molar-refractivity contribution >= 4 is 0 Å². The van der Waals surface area contributed by atoms with Crippen molar-refractivity contribution in [1.29, 1.82) is 5.26 Å². The van der Waals surface area contributed by atoms with Crippen LogP contribution < -0.4 is 10.5 Å². The molecule has 0 atom stereocenters. The minimum Gasteiger partial charge on any atom is -0.488 e. The first-order chi connectivity index (χ1) is 8.39. The molecule has 98 valence electrons. The van der Waals surface area contributed by atoms with Crippen molar-refractivity contribution in [2.75, 3.05) is 6.61 Å². The van der Waals surface area contributed by atoms with Crippen LogP contribution >= 0.6 is 0 Å². The molecule has 2 N–H and O–H groups in total. The highest BCUT2D eigenvalue weighted by molar-refractivity contribution is 5.31. The van der Waals surface area contributed by atoms with Gasteiger partial charge in [-0.05, 0) is 38.0 Å². The predicted molar refractivity (Wildman–Crippen MR) is 63.8 cm³/mol. The zero-order chi connectivity index (χ0) is 13.8. The molecular weight excluding hydrogens is 238 g/mol. The number of hydrogen-bond acceptors (Lipinski definition) is 3. The van der Waals surface area contributed by atoms with E-state index in [9.17, 15) is 8.78 Å². The van der Waals surface area contributed by atoms with Crippen LogP contribution in [0.15, 0.2) is 12.1 Å². The maximum atomic E-state index is 13.5. The van der Waals surface area contributed by atoms with E-state index in [-0.39, 0.29) is 13.2 Å². The van der Waals surface area contributed by atoms with Crippen molar-refractivity contribution in [1.82, 2.24) is 0 Å². The minimum atomic E-state index is -0.773. The van der Waals surface area contributed by atoms with Crippen LogP contribution in [0, 0.1) is 28.4 Å². The number of nitrogens with two attached hydrogens (primary N) is 1. The maximum Gasteiger partial charge on any atom is 0.190 e. The first-order valence-electron chi connectivity index (χ1n) is 5.61. The Morgan fingerprint density at radius 3 is 2.33 bits per heavy atom. The third-order valence-electron chi connectivity index (χ3n) is 2.57. The Morgan fingerprint density at radius 2 is 1.89 bits per heavy atom. The Kier molecular flexibility index (Phi) is 4.62. The van der Waals surface area contributed by atoms with Crippen LogP contribution in [0.4, 0.5) is 8.78 Å². The number of nitriles is 1. The van der Waals surface area contributed by atoms with Crippen LogP contribution in [0.1, 0.15) is 25.8 Å². The van der Waals surface area contributed by atoms with Gasteiger partial charge in [0.05, 0.1) is 18.1 Å². The van der Waals surface area contributed by atoms with Crippen molar-refractivity contribution in [3.05, 3.63) is 29.3 Å². The van der Waals surface area contributed by atoms with E-state index in [0.717, 1.165) is 12.1 Å². The lowest BCUT2D eigenvalue weighted by atomic mass is 9.92. The standard InChI is InChI=1S/C13H16F2N2O/c1-13(2,8-17)3-4-18-12-10(14)5-9(7-16)6-11(12)15/h5-6H,3-4,7,16H2,1-2H3. The molecule has 3 nitrogen and oxygen atoms in total. The summed E-state index contributed by atoms with van der Waals surface area (Å²) in [6, 6.07) is 4.38. The zero-order valence-corrected chi connectivity index (χ0v) is 10.5. The lowest BCUT2D eigenvalue weighted by Crippen LogP contribution is -2.14. The van der Waals surface area contributed by atoms with Gasteiger partial charge in [-0.25, -0.2) is 8.78 Å². The van der Waals surface area contributed by atoms with E-state index in [1.165, 1.54) is 0 Å². The number of benzene rings is 1. The van der Waals surface area contributed by atoms with E-state index < -0.39 is 22.8 Å². The summed E-state index contributed by atoms with van der Waals surface area (Å²) >= 11 is 0. The summed E-state index contributed by atoms with van der Waals surface area (Å²) in [5.74, 6) is -1.96. The van der Waals surface area contributed by atoms with Gasteiger partial charge in [0.2, 0.25) is 0 Å². The summed E-state index contributed by atoms with van der Waals surface area (Å²) in [4.78, 5) is 0. The van der Waals surface area contributed by atoms with E-state index >= 15 is 0 Å². The molecule has 1 rings (SSSR count). The highest BCUT2D eigenvalue weighted by atomic mass is 19.1. The molecule has 0 radical (unpaired) electrons.